The summed E-state index contributed by atoms with van der Waals surface area (Å²) >= 11 is 12.1. The first-order chi connectivity index (χ1) is 8.06. The monoisotopic (exact) mass is 273 g/mol. The summed E-state index contributed by atoms with van der Waals surface area (Å²) in [5.74, 6) is -1.11. The number of hydrogen-bond donors (Lipinski definition) is 1. The number of aromatic carboxylic acids is 1. The van der Waals surface area contributed by atoms with Gasteiger partial charge >= 0.3 is 5.97 Å². The van der Waals surface area contributed by atoms with Crippen LogP contribution in [0.15, 0.2) is 6.20 Å². The molecule has 0 atom stereocenters. The van der Waals surface area contributed by atoms with Crippen LogP contribution in [-0.2, 0) is 6.42 Å². The number of aromatic nitrogens is 3. The minimum absolute atomic E-state index is 0.0168. The zero-order valence-corrected chi connectivity index (χ0v) is 10.5. The second-order valence-electron chi connectivity index (χ2n) is 3.52. The minimum Gasteiger partial charge on any atom is -0.477 e. The van der Waals surface area contributed by atoms with E-state index in [1.165, 1.54) is 10.7 Å². The lowest BCUT2D eigenvalue weighted by molar-refractivity contribution is 0.0699. The van der Waals surface area contributed by atoms with Crippen LogP contribution in [0, 0.1) is 0 Å². The van der Waals surface area contributed by atoms with E-state index in [9.17, 15) is 4.79 Å². The Labute approximate surface area is 107 Å². The predicted molar refractivity (Wildman–Crippen MR) is 64.0 cm³/mol. The summed E-state index contributed by atoms with van der Waals surface area (Å²) in [6.07, 6.45) is 2.74. The first-order valence-corrected chi connectivity index (χ1v) is 5.76. The van der Waals surface area contributed by atoms with E-state index in [0.29, 0.717) is 17.1 Å². The molecule has 2 rings (SSSR count). The van der Waals surface area contributed by atoms with E-state index in [2.05, 4.69) is 10.1 Å². The number of carboxylic acids is 1. The first-order valence-electron chi connectivity index (χ1n) is 5.01. The Morgan fingerprint density at radius 1 is 1.53 bits per heavy atom. The Hall–Kier alpha value is -1.33. The molecule has 0 amide bonds. The van der Waals surface area contributed by atoms with E-state index in [4.69, 9.17) is 28.3 Å². The quantitative estimate of drug-likeness (QED) is 0.874. The molecule has 0 bridgehead atoms. The smallest absolute Gasteiger partial charge is 0.341 e. The number of halogens is 2. The number of rotatable bonds is 3. The van der Waals surface area contributed by atoms with Gasteiger partial charge in [0.25, 0.3) is 0 Å². The molecule has 0 saturated carbocycles. The zero-order chi connectivity index (χ0) is 12.6. The van der Waals surface area contributed by atoms with Crippen LogP contribution in [0.3, 0.4) is 0 Å². The van der Waals surface area contributed by atoms with E-state index in [1.807, 2.05) is 6.92 Å². The maximum absolute atomic E-state index is 10.9. The SMILES string of the molecule is CCCc1c(Cl)nc2c(C(=O)O)cnn2c1Cl. The molecule has 0 fully saturated rings. The fourth-order valence-corrected chi connectivity index (χ4v) is 2.19. The zero-order valence-electron chi connectivity index (χ0n) is 8.94. The normalized spacial score (nSPS) is 11.0. The second kappa shape index (κ2) is 4.50. The molecule has 0 aliphatic heterocycles. The van der Waals surface area contributed by atoms with Crippen molar-refractivity contribution >= 4 is 34.8 Å². The Morgan fingerprint density at radius 3 is 2.82 bits per heavy atom. The summed E-state index contributed by atoms with van der Waals surface area (Å²) in [6.45, 7) is 1.99. The standard InChI is InChI=1S/C10H9Cl2N3O2/c1-2-3-5-7(11)14-9-6(10(16)17)4-13-15(9)8(5)12/h4H,2-3H2,1H3,(H,16,17). The molecule has 0 saturated heterocycles. The molecule has 0 unspecified atom stereocenters. The topological polar surface area (TPSA) is 67.5 Å². The summed E-state index contributed by atoms with van der Waals surface area (Å²) < 4.78 is 1.29. The van der Waals surface area contributed by atoms with Gasteiger partial charge in [0, 0.05) is 5.56 Å². The molecule has 0 spiro atoms. The van der Waals surface area contributed by atoms with Gasteiger partial charge in [0.05, 0.1) is 6.20 Å². The molecular weight excluding hydrogens is 265 g/mol. The molecule has 0 aromatic carbocycles. The Balaban J connectivity index is 2.74. The summed E-state index contributed by atoms with van der Waals surface area (Å²) in [5, 5.41) is 13.4. The molecule has 0 radical (unpaired) electrons. The third-order valence-electron chi connectivity index (χ3n) is 2.36. The molecule has 0 aliphatic rings. The van der Waals surface area contributed by atoms with Crippen molar-refractivity contribution in [2.45, 2.75) is 19.8 Å². The molecule has 2 heterocycles. The highest BCUT2D eigenvalue weighted by atomic mass is 35.5. The van der Waals surface area contributed by atoms with Crippen LogP contribution in [-0.4, -0.2) is 25.7 Å². The Bertz CT molecular complexity index is 595. The molecule has 0 aliphatic carbocycles. The van der Waals surface area contributed by atoms with Crippen molar-refractivity contribution in [2.24, 2.45) is 0 Å². The highest BCUT2D eigenvalue weighted by Gasteiger charge is 2.18. The van der Waals surface area contributed by atoms with E-state index in [1.54, 1.807) is 0 Å². The molecule has 5 nitrogen and oxygen atoms in total. The summed E-state index contributed by atoms with van der Waals surface area (Å²) in [6, 6.07) is 0. The minimum atomic E-state index is -1.11. The van der Waals surface area contributed by atoms with Crippen molar-refractivity contribution in [3.63, 3.8) is 0 Å². The van der Waals surface area contributed by atoms with E-state index >= 15 is 0 Å². The van der Waals surface area contributed by atoms with Gasteiger partial charge in [0.15, 0.2) is 5.65 Å². The van der Waals surface area contributed by atoms with Crippen LogP contribution in [0.4, 0.5) is 0 Å². The van der Waals surface area contributed by atoms with Crippen LogP contribution in [0.2, 0.25) is 10.3 Å². The van der Waals surface area contributed by atoms with E-state index in [-0.39, 0.29) is 16.4 Å². The van der Waals surface area contributed by atoms with Gasteiger partial charge in [-0.05, 0) is 6.42 Å². The van der Waals surface area contributed by atoms with Crippen LogP contribution in [0.5, 0.6) is 0 Å². The van der Waals surface area contributed by atoms with Crippen molar-refractivity contribution < 1.29 is 9.90 Å². The predicted octanol–water partition coefficient (Wildman–Crippen LogP) is 2.69. The van der Waals surface area contributed by atoms with Gasteiger partial charge < -0.3 is 5.11 Å². The highest BCUT2D eigenvalue weighted by Crippen LogP contribution is 2.26. The van der Waals surface area contributed by atoms with Crippen LogP contribution in [0.1, 0.15) is 29.3 Å². The van der Waals surface area contributed by atoms with Gasteiger partial charge in [-0.3, -0.25) is 0 Å². The number of fused-ring (bicyclic) bond motifs is 1. The molecule has 17 heavy (non-hydrogen) atoms. The van der Waals surface area contributed by atoms with Crippen molar-refractivity contribution in [1.29, 1.82) is 0 Å². The van der Waals surface area contributed by atoms with Gasteiger partial charge in [0.2, 0.25) is 0 Å². The molecule has 2 aromatic heterocycles. The average molecular weight is 274 g/mol. The maximum atomic E-state index is 10.9. The Morgan fingerprint density at radius 2 is 2.24 bits per heavy atom. The number of carbonyl (C=O) groups is 1. The van der Waals surface area contributed by atoms with Crippen molar-refractivity contribution in [3.8, 4) is 0 Å². The maximum Gasteiger partial charge on any atom is 0.341 e. The van der Waals surface area contributed by atoms with Gasteiger partial charge in [-0.2, -0.15) is 5.10 Å². The highest BCUT2D eigenvalue weighted by molar-refractivity contribution is 6.35. The van der Waals surface area contributed by atoms with E-state index in [0.717, 1.165) is 6.42 Å². The third-order valence-corrected chi connectivity index (χ3v) is 3.06. The Kier molecular flexibility index (Phi) is 3.22. The van der Waals surface area contributed by atoms with Gasteiger partial charge in [-0.15, -0.1) is 0 Å². The van der Waals surface area contributed by atoms with Crippen LogP contribution in [0.25, 0.3) is 5.65 Å². The molecular formula is C10H9Cl2N3O2. The van der Waals surface area contributed by atoms with Crippen LogP contribution >= 0.6 is 23.2 Å². The van der Waals surface area contributed by atoms with Gasteiger partial charge in [0.1, 0.15) is 15.9 Å². The molecule has 1 N–H and O–H groups in total. The van der Waals surface area contributed by atoms with Crippen molar-refractivity contribution in [1.82, 2.24) is 14.6 Å². The third kappa shape index (κ3) is 1.96. The lowest BCUT2D eigenvalue weighted by Gasteiger charge is -2.06. The number of hydrogen-bond acceptors (Lipinski definition) is 3. The number of carboxylic acid groups (broad SMARTS) is 1. The van der Waals surface area contributed by atoms with Gasteiger partial charge in [-0.1, -0.05) is 36.5 Å². The molecule has 2 aromatic rings. The second-order valence-corrected chi connectivity index (χ2v) is 4.24. The van der Waals surface area contributed by atoms with Crippen LogP contribution < -0.4 is 0 Å². The fraction of sp³-hybridized carbons (Fsp3) is 0.300. The fourth-order valence-electron chi connectivity index (χ4n) is 1.57. The number of nitrogens with zero attached hydrogens (tertiary/aromatic N) is 3. The lowest BCUT2D eigenvalue weighted by atomic mass is 10.2. The average Bonchev–Trinajstić information content (AvgIpc) is 2.68. The first kappa shape index (κ1) is 12.1. The summed E-state index contributed by atoms with van der Waals surface area (Å²) in [7, 11) is 0. The van der Waals surface area contributed by atoms with E-state index < -0.39 is 5.97 Å². The summed E-state index contributed by atoms with van der Waals surface area (Å²) in [5.41, 5.74) is 0.826. The molecule has 90 valence electrons. The van der Waals surface area contributed by atoms with Crippen molar-refractivity contribution in [2.75, 3.05) is 0 Å². The van der Waals surface area contributed by atoms with Gasteiger partial charge in [-0.25, -0.2) is 14.3 Å². The molecule has 7 heteroatoms. The van der Waals surface area contributed by atoms with Crippen molar-refractivity contribution in [3.05, 3.63) is 27.6 Å². The summed E-state index contributed by atoms with van der Waals surface area (Å²) in [4.78, 5) is 15.0. The lowest BCUT2D eigenvalue weighted by Crippen LogP contribution is -2.02. The largest absolute Gasteiger partial charge is 0.477 e.